The molecule has 10 heteroatoms. The first-order valence-electron chi connectivity index (χ1n) is 23.9. The number of anilines is 3. The molecule has 1 aliphatic rings. The van der Waals surface area contributed by atoms with Crippen molar-refractivity contribution < 1.29 is 0 Å². The van der Waals surface area contributed by atoms with Crippen LogP contribution < -0.4 is 4.90 Å². The SMILES string of the molecule is c1cc(N2c3ccccc3Sc3ccccc32)nc(-n2c3ccccc3c3ccc4c(c5ccccc5n4-c4nc(-c5ccc6sc7ccccc7c6c5)nc(-c5ccc6sc7ccccc7c6c5)n4)c32)c1. The van der Waals surface area contributed by atoms with Gasteiger partial charge in [-0.15, -0.1) is 22.7 Å². The zero-order valence-corrected chi connectivity index (χ0v) is 40.5. The fourth-order valence-electron chi connectivity index (χ4n) is 11.0. The van der Waals surface area contributed by atoms with Crippen molar-refractivity contribution in [1.82, 2.24) is 29.1 Å². The fraction of sp³-hybridized carbons (Fsp3) is 0. The minimum absolute atomic E-state index is 0.550. The predicted octanol–water partition coefficient (Wildman–Crippen LogP) is 17.5. The van der Waals surface area contributed by atoms with Crippen molar-refractivity contribution >= 4 is 136 Å². The normalized spacial score (nSPS) is 12.6. The first-order valence-corrected chi connectivity index (χ1v) is 26.3. The van der Waals surface area contributed by atoms with Crippen LogP contribution in [0.5, 0.6) is 0 Å². The number of rotatable bonds is 5. The van der Waals surface area contributed by atoms with Gasteiger partial charge in [-0.2, -0.15) is 9.97 Å². The van der Waals surface area contributed by atoms with Crippen LogP contribution in [0.4, 0.5) is 17.2 Å². The molecule has 15 aromatic rings. The number of fused-ring (bicyclic) bond motifs is 15. The van der Waals surface area contributed by atoms with E-state index in [4.69, 9.17) is 19.9 Å². The number of nitrogens with zero attached hydrogens (tertiary/aromatic N) is 7. The summed E-state index contributed by atoms with van der Waals surface area (Å²) in [6.45, 7) is 0. The van der Waals surface area contributed by atoms with Crippen molar-refractivity contribution in [3.63, 3.8) is 0 Å². The summed E-state index contributed by atoms with van der Waals surface area (Å²) in [7, 11) is 0. The van der Waals surface area contributed by atoms with Gasteiger partial charge in [0.2, 0.25) is 5.95 Å². The Hall–Kier alpha value is -8.67. The Kier molecular flexibility index (Phi) is 8.58. The smallest absolute Gasteiger partial charge is 0.238 e. The molecule has 336 valence electrons. The lowest BCUT2D eigenvalue weighted by Gasteiger charge is -2.32. The third kappa shape index (κ3) is 5.91. The van der Waals surface area contributed by atoms with E-state index in [1.54, 1.807) is 11.8 Å². The second-order valence-corrected chi connectivity index (χ2v) is 21.4. The van der Waals surface area contributed by atoms with Gasteiger partial charge in [-0.1, -0.05) is 121 Å². The number of benzene rings is 9. The molecule has 0 radical (unpaired) electrons. The molecule has 7 heterocycles. The summed E-state index contributed by atoms with van der Waals surface area (Å²) in [6, 6.07) is 75.9. The van der Waals surface area contributed by atoms with Gasteiger partial charge in [0.1, 0.15) is 11.6 Å². The van der Waals surface area contributed by atoms with Crippen LogP contribution in [-0.4, -0.2) is 29.1 Å². The summed E-state index contributed by atoms with van der Waals surface area (Å²) in [4.78, 5) is 26.6. The maximum absolute atomic E-state index is 5.59. The van der Waals surface area contributed by atoms with Gasteiger partial charge in [-0.05, 0) is 103 Å². The molecular weight excluding hydrogens is 939 g/mol. The molecule has 0 fully saturated rings. The summed E-state index contributed by atoms with van der Waals surface area (Å²) >= 11 is 5.42. The number of thiophene rings is 2. The zero-order valence-electron chi connectivity index (χ0n) is 38.1. The third-order valence-corrected chi connectivity index (χ3v) is 17.6. The van der Waals surface area contributed by atoms with E-state index in [0.29, 0.717) is 17.6 Å². The van der Waals surface area contributed by atoms with E-state index in [1.165, 1.54) is 50.1 Å². The third-order valence-electron chi connectivity index (χ3n) is 14.2. The molecule has 9 aromatic carbocycles. The maximum Gasteiger partial charge on any atom is 0.238 e. The quantitative estimate of drug-likeness (QED) is 0.171. The average Bonchev–Trinajstić information content (AvgIpc) is 4.20. The molecule has 0 saturated carbocycles. The van der Waals surface area contributed by atoms with E-state index >= 15 is 0 Å². The lowest BCUT2D eigenvalue weighted by Crippen LogP contribution is -2.16. The van der Waals surface area contributed by atoms with E-state index in [0.717, 1.165) is 77.7 Å². The predicted molar refractivity (Wildman–Crippen MR) is 302 cm³/mol. The average molecular weight is 974 g/mol. The highest BCUT2D eigenvalue weighted by Gasteiger charge is 2.27. The van der Waals surface area contributed by atoms with Gasteiger partial charge in [-0.25, -0.2) is 9.97 Å². The molecule has 0 aliphatic carbocycles. The van der Waals surface area contributed by atoms with Gasteiger partial charge in [0.25, 0.3) is 0 Å². The summed E-state index contributed by atoms with van der Waals surface area (Å²) in [5, 5.41) is 9.33. The van der Waals surface area contributed by atoms with Gasteiger partial charge in [0, 0.05) is 82.8 Å². The lowest BCUT2D eigenvalue weighted by atomic mass is 10.1. The first-order chi connectivity index (χ1) is 35.7. The highest BCUT2D eigenvalue weighted by molar-refractivity contribution is 7.99. The molecule has 1 aliphatic heterocycles. The van der Waals surface area contributed by atoms with Crippen LogP contribution in [0.15, 0.2) is 222 Å². The van der Waals surface area contributed by atoms with Crippen molar-refractivity contribution in [2.75, 3.05) is 4.90 Å². The monoisotopic (exact) mass is 973 g/mol. The molecule has 0 atom stereocenters. The first kappa shape index (κ1) is 40.1. The molecule has 6 aromatic heterocycles. The molecule has 0 amide bonds. The Balaban J connectivity index is 0.955. The fourth-order valence-corrected chi connectivity index (χ4v) is 14.3. The van der Waals surface area contributed by atoms with Gasteiger partial charge in [0.15, 0.2) is 11.6 Å². The summed E-state index contributed by atoms with van der Waals surface area (Å²) in [5.41, 5.74) is 8.23. The molecular formula is C62H35N7S3. The van der Waals surface area contributed by atoms with Crippen LogP contribution in [-0.2, 0) is 0 Å². The highest BCUT2D eigenvalue weighted by atomic mass is 32.2. The second kappa shape index (κ2) is 15.4. The van der Waals surface area contributed by atoms with Gasteiger partial charge in [0.05, 0.1) is 33.4 Å². The molecule has 16 rings (SSSR count). The molecule has 0 spiro atoms. The van der Waals surface area contributed by atoms with E-state index in [-0.39, 0.29) is 0 Å². The number of para-hydroxylation sites is 4. The van der Waals surface area contributed by atoms with Crippen molar-refractivity contribution in [2.45, 2.75) is 9.79 Å². The second-order valence-electron chi connectivity index (χ2n) is 18.2. The molecule has 7 nitrogen and oxygen atoms in total. The summed E-state index contributed by atoms with van der Waals surface area (Å²) in [6.07, 6.45) is 0. The Morgan fingerprint density at radius 2 is 0.861 bits per heavy atom. The molecule has 0 bridgehead atoms. The van der Waals surface area contributed by atoms with E-state index in [9.17, 15) is 0 Å². The molecule has 72 heavy (non-hydrogen) atoms. The lowest BCUT2D eigenvalue weighted by molar-refractivity contribution is 0.954. The van der Waals surface area contributed by atoms with Crippen LogP contribution in [0.1, 0.15) is 0 Å². The van der Waals surface area contributed by atoms with Crippen LogP contribution >= 0.6 is 34.4 Å². The number of aromatic nitrogens is 6. The molecule has 0 N–H and O–H groups in total. The minimum Gasteiger partial charge on any atom is -0.293 e. The topological polar surface area (TPSA) is 64.7 Å². The Morgan fingerprint density at radius 1 is 0.333 bits per heavy atom. The standard InChI is InChI=1S/C62H35N7S3/c1-5-18-45-38(14-1)41-30-31-49-58(59(41)69(45)57-27-13-26-56(63-57)67-47-20-7-11-24-54(47)72-55-25-12-8-21-48(55)67)42-17-2-6-19-46(42)68(49)62-65-60(36-28-32-52-43(34-36)39-15-3-9-22-50(39)70-52)64-61(66-62)37-29-33-53-44(35-37)40-16-4-10-23-51(40)71-53/h1-35H. The molecule has 0 unspecified atom stereocenters. The van der Waals surface area contributed by atoms with Crippen LogP contribution in [0.2, 0.25) is 0 Å². The largest absolute Gasteiger partial charge is 0.293 e. The Morgan fingerprint density at radius 3 is 1.51 bits per heavy atom. The van der Waals surface area contributed by atoms with Crippen molar-refractivity contribution in [1.29, 1.82) is 0 Å². The van der Waals surface area contributed by atoms with Crippen molar-refractivity contribution in [3.8, 4) is 34.5 Å². The summed E-state index contributed by atoms with van der Waals surface area (Å²) < 4.78 is 9.58. The summed E-state index contributed by atoms with van der Waals surface area (Å²) in [5.74, 6) is 3.45. The molecule has 0 saturated heterocycles. The van der Waals surface area contributed by atoms with E-state index in [2.05, 4.69) is 226 Å². The Bertz CT molecular complexity index is 4590. The van der Waals surface area contributed by atoms with Crippen LogP contribution in [0.25, 0.3) is 118 Å². The van der Waals surface area contributed by atoms with Gasteiger partial charge >= 0.3 is 0 Å². The minimum atomic E-state index is 0.550. The number of pyridine rings is 1. The zero-order chi connectivity index (χ0) is 47.0. The van der Waals surface area contributed by atoms with Crippen molar-refractivity contribution in [2.24, 2.45) is 0 Å². The Labute approximate surface area is 423 Å². The number of hydrogen-bond acceptors (Lipinski definition) is 8. The number of hydrogen-bond donors (Lipinski definition) is 0. The maximum atomic E-state index is 5.59. The van der Waals surface area contributed by atoms with Gasteiger partial charge < -0.3 is 0 Å². The van der Waals surface area contributed by atoms with Crippen molar-refractivity contribution in [3.05, 3.63) is 212 Å². The van der Waals surface area contributed by atoms with Crippen LogP contribution in [0, 0.1) is 0 Å². The van der Waals surface area contributed by atoms with Gasteiger partial charge in [-0.3, -0.25) is 14.0 Å². The van der Waals surface area contributed by atoms with E-state index in [1.807, 2.05) is 22.7 Å². The highest BCUT2D eigenvalue weighted by Crippen LogP contribution is 2.51. The van der Waals surface area contributed by atoms with E-state index < -0.39 is 0 Å². The van der Waals surface area contributed by atoms with Crippen LogP contribution in [0.3, 0.4) is 0 Å².